The van der Waals surface area contributed by atoms with Crippen LogP contribution in [0.5, 0.6) is 28.7 Å². The van der Waals surface area contributed by atoms with Crippen molar-refractivity contribution in [1.29, 1.82) is 0 Å². The van der Waals surface area contributed by atoms with Crippen LogP contribution in [0.15, 0.2) is 54.1 Å². The van der Waals surface area contributed by atoms with Crippen molar-refractivity contribution in [2.24, 2.45) is 0 Å². The lowest BCUT2D eigenvalue weighted by Gasteiger charge is -2.43. The first-order valence-electron chi connectivity index (χ1n) is 11.7. The summed E-state index contributed by atoms with van der Waals surface area (Å²) in [6, 6.07) is 8.07. The van der Waals surface area contributed by atoms with Gasteiger partial charge in [0.2, 0.25) is 5.78 Å². The average Bonchev–Trinajstić information content (AvgIpc) is 2.83. The van der Waals surface area contributed by atoms with Crippen LogP contribution in [0.2, 0.25) is 0 Å². The Balaban J connectivity index is 1.53. The molecule has 8 heteroatoms. The molecule has 0 spiro atoms. The second-order valence-corrected chi connectivity index (χ2v) is 9.50. The Morgan fingerprint density at radius 1 is 1.17 bits per heavy atom. The third-order valence-electron chi connectivity index (χ3n) is 6.21. The fourth-order valence-electron chi connectivity index (χ4n) is 4.26. The van der Waals surface area contributed by atoms with Gasteiger partial charge < -0.3 is 33.9 Å². The van der Waals surface area contributed by atoms with Gasteiger partial charge in [0.15, 0.2) is 23.2 Å². The van der Waals surface area contributed by atoms with Gasteiger partial charge in [0.1, 0.15) is 30.5 Å². The normalized spacial score (nSPS) is 21.1. The molecular formula is C28H32O8. The standard InChI is InChI=1S/C28H32O8/c1-17(7-6-11-27(2,3)30)10-12-34-18-8-9-19-21(13-18)36-25-16-35-22-15-24(33-5)23(32-4)14-20(22)28(25,31)26(19)29/h6,8-11,13-15,25,30-31H,7,12,16H2,1-5H3/b11-6+,17-10+/t25-,28-/m0/s1. The molecule has 0 fully saturated rings. The van der Waals surface area contributed by atoms with E-state index in [1.54, 1.807) is 50.3 Å². The molecule has 2 aromatic rings. The lowest BCUT2D eigenvalue weighted by atomic mass is 9.77. The first kappa shape index (κ1) is 25.6. The molecule has 0 bridgehead atoms. The van der Waals surface area contributed by atoms with Crippen LogP contribution in [0.4, 0.5) is 0 Å². The van der Waals surface area contributed by atoms with E-state index in [-0.39, 0.29) is 17.7 Å². The number of allylic oxidation sites excluding steroid dienone is 2. The molecule has 36 heavy (non-hydrogen) atoms. The summed E-state index contributed by atoms with van der Waals surface area (Å²) < 4.78 is 28.4. The zero-order valence-corrected chi connectivity index (χ0v) is 21.2. The molecule has 192 valence electrons. The summed E-state index contributed by atoms with van der Waals surface area (Å²) in [4.78, 5) is 13.5. The van der Waals surface area contributed by atoms with Gasteiger partial charge in [-0.05, 0) is 51.5 Å². The molecule has 4 rings (SSSR count). The lowest BCUT2D eigenvalue weighted by Crippen LogP contribution is -2.57. The highest BCUT2D eigenvalue weighted by Crippen LogP contribution is 2.49. The molecule has 2 heterocycles. The number of aliphatic hydroxyl groups is 2. The van der Waals surface area contributed by atoms with Crippen LogP contribution < -0.4 is 23.7 Å². The highest BCUT2D eigenvalue weighted by Gasteiger charge is 2.56. The maximum atomic E-state index is 13.5. The number of benzene rings is 2. The zero-order chi connectivity index (χ0) is 26.1. The fraction of sp³-hybridized carbons (Fsp3) is 0.393. The van der Waals surface area contributed by atoms with Crippen molar-refractivity contribution in [3.05, 3.63) is 65.3 Å². The van der Waals surface area contributed by atoms with Crippen molar-refractivity contribution in [3.63, 3.8) is 0 Å². The molecular weight excluding hydrogens is 464 g/mol. The maximum Gasteiger partial charge on any atom is 0.206 e. The summed E-state index contributed by atoms with van der Waals surface area (Å²) in [5, 5.41) is 21.4. The van der Waals surface area contributed by atoms with E-state index in [1.165, 1.54) is 14.2 Å². The van der Waals surface area contributed by atoms with Gasteiger partial charge in [0, 0.05) is 17.7 Å². The van der Waals surface area contributed by atoms with E-state index in [2.05, 4.69) is 0 Å². The van der Waals surface area contributed by atoms with Crippen LogP contribution in [0.1, 0.15) is 43.1 Å². The molecule has 2 N–H and O–H groups in total. The summed E-state index contributed by atoms with van der Waals surface area (Å²) in [5.41, 5.74) is -1.15. The van der Waals surface area contributed by atoms with Gasteiger partial charge in [-0.25, -0.2) is 0 Å². The van der Waals surface area contributed by atoms with Crippen molar-refractivity contribution in [1.82, 2.24) is 0 Å². The van der Waals surface area contributed by atoms with Crippen LogP contribution >= 0.6 is 0 Å². The molecule has 2 aromatic carbocycles. The van der Waals surface area contributed by atoms with Gasteiger partial charge >= 0.3 is 0 Å². The number of carbonyl (C=O) groups excluding carboxylic acids is 1. The number of Topliss-reactive ketones (excluding diaryl/α,β-unsaturated/α-hetero) is 1. The smallest absolute Gasteiger partial charge is 0.206 e. The van der Waals surface area contributed by atoms with E-state index in [9.17, 15) is 15.0 Å². The largest absolute Gasteiger partial charge is 0.493 e. The van der Waals surface area contributed by atoms with Crippen LogP contribution in [0.3, 0.4) is 0 Å². The Morgan fingerprint density at radius 2 is 1.89 bits per heavy atom. The molecule has 0 unspecified atom stereocenters. The Labute approximate surface area is 210 Å². The third-order valence-corrected chi connectivity index (χ3v) is 6.21. The zero-order valence-electron chi connectivity index (χ0n) is 21.2. The van der Waals surface area contributed by atoms with E-state index in [1.807, 2.05) is 19.1 Å². The predicted octanol–water partition coefficient (Wildman–Crippen LogP) is 3.97. The molecule has 0 radical (unpaired) electrons. The number of hydrogen-bond donors (Lipinski definition) is 2. The summed E-state index contributed by atoms with van der Waals surface area (Å²) in [6.07, 6.45) is 5.38. The number of rotatable bonds is 8. The minimum Gasteiger partial charge on any atom is -0.493 e. The van der Waals surface area contributed by atoms with E-state index in [4.69, 9.17) is 23.7 Å². The van der Waals surface area contributed by atoms with Gasteiger partial charge in [-0.2, -0.15) is 0 Å². The first-order valence-corrected chi connectivity index (χ1v) is 11.7. The minimum absolute atomic E-state index is 0.0185. The topological polar surface area (TPSA) is 104 Å². The van der Waals surface area contributed by atoms with Crippen LogP contribution in [0, 0.1) is 0 Å². The van der Waals surface area contributed by atoms with Gasteiger partial charge in [-0.15, -0.1) is 0 Å². The molecule has 8 nitrogen and oxygen atoms in total. The van der Waals surface area contributed by atoms with Gasteiger partial charge in [-0.1, -0.05) is 17.7 Å². The summed E-state index contributed by atoms with van der Waals surface area (Å²) >= 11 is 0. The Bertz CT molecular complexity index is 1210. The summed E-state index contributed by atoms with van der Waals surface area (Å²) in [6.45, 7) is 5.75. The molecule has 0 saturated heterocycles. The Kier molecular flexibility index (Phi) is 7.02. The number of fused-ring (bicyclic) bond motifs is 4. The maximum absolute atomic E-state index is 13.5. The van der Waals surface area contributed by atoms with Crippen molar-refractivity contribution in [3.8, 4) is 28.7 Å². The van der Waals surface area contributed by atoms with Gasteiger partial charge in [0.25, 0.3) is 0 Å². The monoisotopic (exact) mass is 496 g/mol. The lowest BCUT2D eigenvalue weighted by molar-refractivity contribution is -0.0800. The number of methoxy groups -OCH3 is 2. The highest BCUT2D eigenvalue weighted by molar-refractivity contribution is 6.07. The molecule has 0 aromatic heterocycles. The van der Waals surface area contributed by atoms with Crippen molar-refractivity contribution in [2.75, 3.05) is 27.4 Å². The van der Waals surface area contributed by atoms with E-state index in [0.717, 1.165) is 5.57 Å². The SMILES string of the molecule is COc1cc2c(cc1OC)[C@@]1(O)C(=O)c3ccc(OC/C=C(\C)C/C=C/C(C)(C)O)cc3O[C@H]1CO2. The first-order chi connectivity index (χ1) is 17.1. The van der Waals surface area contributed by atoms with Crippen molar-refractivity contribution >= 4 is 5.78 Å². The van der Waals surface area contributed by atoms with E-state index >= 15 is 0 Å². The molecule has 2 atom stereocenters. The van der Waals surface area contributed by atoms with Crippen LogP contribution in [-0.2, 0) is 5.60 Å². The second kappa shape index (κ2) is 9.87. The minimum atomic E-state index is -1.93. The highest BCUT2D eigenvalue weighted by atomic mass is 16.6. The molecule has 2 aliphatic heterocycles. The number of carbonyl (C=O) groups is 1. The fourth-order valence-corrected chi connectivity index (χ4v) is 4.26. The quantitative estimate of drug-likeness (QED) is 0.529. The predicted molar refractivity (Wildman–Crippen MR) is 133 cm³/mol. The number of ketones is 1. The molecule has 0 amide bonds. The third kappa shape index (κ3) is 4.92. The van der Waals surface area contributed by atoms with Gasteiger partial charge in [0.05, 0.1) is 25.4 Å². The number of ether oxygens (including phenoxy) is 5. The van der Waals surface area contributed by atoms with Crippen LogP contribution in [0.25, 0.3) is 0 Å². The van der Waals surface area contributed by atoms with Crippen molar-refractivity contribution in [2.45, 2.75) is 44.5 Å². The average molecular weight is 497 g/mol. The van der Waals surface area contributed by atoms with Crippen molar-refractivity contribution < 1.29 is 38.7 Å². The second-order valence-electron chi connectivity index (χ2n) is 9.50. The van der Waals surface area contributed by atoms with E-state index in [0.29, 0.717) is 41.8 Å². The summed E-state index contributed by atoms with van der Waals surface area (Å²) in [5.74, 6) is 1.52. The van der Waals surface area contributed by atoms with E-state index < -0.39 is 23.1 Å². The summed E-state index contributed by atoms with van der Waals surface area (Å²) in [7, 11) is 2.98. The van der Waals surface area contributed by atoms with Gasteiger partial charge in [-0.3, -0.25) is 4.79 Å². The Hall–Kier alpha value is -3.49. The molecule has 0 saturated carbocycles. The molecule has 2 aliphatic rings. The Morgan fingerprint density at radius 3 is 2.58 bits per heavy atom. The van der Waals surface area contributed by atoms with Crippen LogP contribution in [-0.4, -0.2) is 55.1 Å². The number of hydrogen-bond acceptors (Lipinski definition) is 8. The molecule has 0 aliphatic carbocycles.